The van der Waals surface area contributed by atoms with Crippen molar-refractivity contribution < 1.29 is 13.0 Å². The Morgan fingerprint density at radius 2 is 1.78 bits per heavy atom. The summed E-state index contributed by atoms with van der Waals surface area (Å²) in [6, 6.07) is 10.3. The third-order valence-corrected chi connectivity index (χ3v) is 3.85. The van der Waals surface area contributed by atoms with Crippen LogP contribution in [0.25, 0.3) is 0 Å². The first-order valence-electron chi connectivity index (χ1n) is 5.25. The van der Waals surface area contributed by atoms with Gasteiger partial charge in [-0.3, -0.25) is 4.21 Å². The van der Waals surface area contributed by atoms with Crippen LogP contribution in [0.2, 0.25) is 0 Å². The fourth-order valence-electron chi connectivity index (χ4n) is 1.51. The number of anilines is 1. The maximum atomic E-state index is 13.0. The van der Waals surface area contributed by atoms with Gasteiger partial charge in [-0.25, -0.2) is 8.78 Å². The molecule has 0 aliphatic rings. The molecule has 0 radical (unpaired) electrons. The van der Waals surface area contributed by atoms with Crippen molar-refractivity contribution in [1.29, 1.82) is 0 Å². The van der Waals surface area contributed by atoms with Gasteiger partial charge in [0, 0.05) is 10.6 Å². The fourth-order valence-corrected chi connectivity index (χ4v) is 2.68. The van der Waals surface area contributed by atoms with Crippen molar-refractivity contribution in [3.05, 3.63) is 59.7 Å². The predicted molar refractivity (Wildman–Crippen MR) is 67.3 cm³/mol. The molecule has 0 aliphatic carbocycles. The highest BCUT2D eigenvalue weighted by atomic mass is 32.2. The van der Waals surface area contributed by atoms with Crippen molar-refractivity contribution in [2.45, 2.75) is 10.6 Å². The van der Waals surface area contributed by atoms with Crippen LogP contribution in [0.4, 0.5) is 14.5 Å². The van der Waals surface area contributed by atoms with Crippen LogP contribution in [0.3, 0.4) is 0 Å². The van der Waals surface area contributed by atoms with E-state index in [4.69, 9.17) is 5.73 Å². The molecule has 2 aromatic carbocycles. The third kappa shape index (κ3) is 2.73. The zero-order valence-electron chi connectivity index (χ0n) is 9.40. The fraction of sp³-hybridized carbons (Fsp3) is 0.0769. The van der Waals surface area contributed by atoms with E-state index in [1.165, 1.54) is 6.07 Å². The lowest BCUT2D eigenvalue weighted by Crippen LogP contribution is -2.01. The Bertz CT molecular complexity index is 601. The second-order valence-corrected chi connectivity index (χ2v) is 5.22. The SMILES string of the molecule is Nc1ccccc1CS(=O)c1ccc(F)c(F)c1. The average Bonchev–Trinajstić information content (AvgIpc) is 2.35. The van der Waals surface area contributed by atoms with Crippen molar-refractivity contribution in [2.24, 2.45) is 0 Å². The molecule has 0 aromatic heterocycles. The van der Waals surface area contributed by atoms with Crippen LogP contribution < -0.4 is 5.73 Å². The summed E-state index contributed by atoms with van der Waals surface area (Å²) in [7, 11) is -1.45. The van der Waals surface area contributed by atoms with E-state index in [-0.39, 0.29) is 10.6 Å². The van der Waals surface area contributed by atoms with Crippen molar-refractivity contribution >= 4 is 16.5 Å². The summed E-state index contributed by atoms with van der Waals surface area (Å²) in [5.74, 6) is -1.77. The number of para-hydroxylation sites is 1. The van der Waals surface area contributed by atoms with Gasteiger partial charge < -0.3 is 5.73 Å². The molecule has 2 aromatic rings. The normalized spacial score (nSPS) is 12.3. The van der Waals surface area contributed by atoms with E-state index >= 15 is 0 Å². The van der Waals surface area contributed by atoms with Crippen LogP contribution in [0, 0.1) is 11.6 Å². The molecule has 0 fully saturated rings. The zero-order valence-corrected chi connectivity index (χ0v) is 10.2. The highest BCUT2D eigenvalue weighted by Crippen LogP contribution is 2.18. The quantitative estimate of drug-likeness (QED) is 0.869. The average molecular weight is 267 g/mol. The van der Waals surface area contributed by atoms with E-state index in [1.807, 2.05) is 0 Å². The van der Waals surface area contributed by atoms with E-state index in [1.54, 1.807) is 24.3 Å². The van der Waals surface area contributed by atoms with E-state index < -0.39 is 22.4 Å². The number of hydrogen-bond donors (Lipinski definition) is 1. The zero-order chi connectivity index (χ0) is 13.1. The second kappa shape index (κ2) is 5.27. The van der Waals surface area contributed by atoms with E-state index in [2.05, 4.69) is 0 Å². The molecule has 0 amide bonds. The van der Waals surface area contributed by atoms with Crippen LogP contribution in [-0.4, -0.2) is 4.21 Å². The number of nitrogen functional groups attached to an aromatic ring is 1. The second-order valence-electron chi connectivity index (χ2n) is 3.76. The van der Waals surface area contributed by atoms with Gasteiger partial charge in [0.1, 0.15) is 0 Å². The first-order valence-corrected chi connectivity index (χ1v) is 6.56. The van der Waals surface area contributed by atoms with E-state index in [0.717, 1.165) is 17.7 Å². The maximum absolute atomic E-state index is 13.0. The van der Waals surface area contributed by atoms with Gasteiger partial charge in [-0.2, -0.15) is 0 Å². The Morgan fingerprint density at radius 1 is 1.06 bits per heavy atom. The first kappa shape index (κ1) is 12.7. The molecular weight excluding hydrogens is 256 g/mol. The summed E-state index contributed by atoms with van der Waals surface area (Å²) in [4.78, 5) is 0.247. The Hall–Kier alpha value is -1.75. The topological polar surface area (TPSA) is 43.1 Å². The molecule has 0 spiro atoms. The van der Waals surface area contributed by atoms with Gasteiger partial charge in [0.2, 0.25) is 0 Å². The van der Waals surface area contributed by atoms with Crippen LogP contribution in [0.1, 0.15) is 5.56 Å². The van der Waals surface area contributed by atoms with Gasteiger partial charge in [-0.15, -0.1) is 0 Å². The van der Waals surface area contributed by atoms with Gasteiger partial charge in [0.05, 0.1) is 16.6 Å². The van der Waals surface area contributed by atoms with Gasteiger partial charge in [-0.1, -0.05) is 18.2 Å². The molecule has 5 heteroatoms. The highest BCUT2D eigenvalue weighted by Gasteiger charge is 2.10. The van der Waals surface area contributed by atoms with Gasteiger partial charge in [0.15, 0.2) is 11.6 Å². The number of halogens is 2. The smallest absolute Gasteiger partial charge is 0.160 e. The molecule has 1 atom stereocenters. The Kier molecular flexibility index (Phi) is 3.72. The molecule has 2 nitrogen and oxygen atoms in total. The lowest BCUT2D eigenvalue weighted by Gasteiger charge is -2.06. The van der Waals surface area contributed by atoms with Crippen LogP contribution in [-0.2, 0) is 16.6 Å². The third-order valence-electron chi connectivity index (χ3n) is 2.50. The van der Waals surface area contributed by atoms with Gasteiger partial charge in [-0.05, 0) is 29.8 Å². The molecule has 1 unspecified atom stereocenters. The molecule has 94 valence electrons. The Labute approximate surface area is 106 Å². The molecule has 2 N–H and O–H groups in total. The molecule has 0 heterocycles. The molecular formula is C13H11F2NOS. The Morgan fingerprint density at radius 3 is 2.44 bits per heavy atom. The van der Waals surface area contributed by atoms with E-state index in [0.29, 0.717) is 5.69 Å². The van der Waals surface area contributed by atoms with Crippen LogP contribution >= 0.6 is 0 Å². The van der Waals surface area contributed by atoms with Crippen LogP contribution in [0.15, 0.2) is 47.4 Å². The molecule has 0 bridgehead atoms. The lowest BCUT2D eigenvalue weighted by atomic mass is 10.2. The highest BCUT2D eigenvalue weighted by molar-refractivity contribution is 7.84. The Balaban J connectivity index is 2.22. The number of hydrogen-bond acceptors (Lipinski definition) is 2. The monoisotopic (exact) mass is 267 g/mol. The number of nitrogens with two attached hydrogens (primary N) is 1. The molecule has 0 aliphatic heterocycles. The van der Waals surface area contributed by atoms with Crippen molar-refractivity contribution in [1.82, 2.24) is 0 Å². The summed E-state index contributed by atoms with van der Waals surface area (Å²) >= 11 is 0. The van der Waals surface area contributed by atoms with Crippen LogP contribution in [0.5, 0.6) is 0 Å². The lowest BCUT2D eigenvalue weighted by molar-refractivity contribution is 0.505. The van der Waals surface area contributed by atoms with Crippen molar-refractivity contribution in [2.75, 3.05) is 5.73 Å². The summed E-state index contributed by atoms with van der Waals surface area (Å²) < 4.78 is 37.8. The largest absolute Gasteiger partial charge is 0.398 e. The summed E-state index contributed by atoms with van der Waals surface area (Å²) in [5, 5.41) is 0. The minimum atomic E-state index is -1.45. The summed E-state index contributed by atoms with van der Waals surface area (Å²) in [6.07, 6.45) is 0. The molecule has 2 rings (SSSR count). The van der Waals surface area contributed by atoms with E-state index in [9.17, 15) is 13.0 Å². The van der Waals surface area contributed by atoms with Crippen molar-refractivity contribution in [3.8, 4) is 0 Å². The minimum Gasteiger partial charge on any atom is -0.398 e. The van der Waals surface area contributed by atoms with Gasteiger partial charge in [0.25, 0.3) is 0 Å². The predicted octanol–water partition coefficient (Wildman–Crippen LogP) is 2.85. The standard InChI is InChI=1S/C13H11F2NOS/c14-11-6-5-10(7-12(11)15)18(17)8-9-3-1-2-4-13(9)16/h1-7H,8,16H2. The number of rotatable bonds is 3. The van der Waals surface area contributed by atoms with Crippen molar-refractivity contribution in [3.63, 3.8) is 0 Å². The first-order chi connectivity index (χ1) is 8.58. The molecule has 0 saturated heterocycles. The summed E-state index contributed by atoms with van der Waals surface area (Å²) in [5.41, 5.74) is 6.99. The number of benzene rings is 2. The summed E-state index contributed by atoms with van der Waals surface area (Å²) in [6.45, 7) is 0. The molecule has 0 saturated carbocycles. The maximum Gasteiger partial charge on any atom is 0.160 e. The molecule has 18 heavy (non-hydrogen) atoms. The minimum absolute atomic E-state index is 0.178. The van der Waals surface area contributed by atoms with Gasteiger partial charge >= 0.3 is 0 Å².